The summed E-state index contributed by atoms with van der Waals surface area (Å²) in [6.45, 7) is 6.59. The molecule has 0 aromatic carbocycles. The van der Waals surface area contributed by atoms with Gasteiger partial charge in [-0.2, -0.15) is 0 Å². The number of rotatable bonds is 10. The number of hydrogen-bond donors (Lipinski definition) is 0. The van der Waals surface area contributed by atoms with Crippen LogP contribution in [0.5, 0.6) is 0 Å². The lowest BCUT2D eigenvalue weighted by atomic mass is 10.2. The van der Waals surface area contributed by atoms with E-state index in [0.29, 0.717) is 19.0 Å². The van der Waals surface area contributed by atoms with Crippen LogP contribution < -0.4 is 0 Å². The molecule has 1 rings (SSSR count). The molecule has 0 saturated carbocycles. The molecule has 0 aliphatic rings. The van der Waals surface area contributed by atoms with Gasteiger partial charge in [0.1, 0.15) is 11.9 Å². The van der Waals surface area contributed by atoms with E-state index in [-0.39, 0.29) is 12.4 Å². The van der Waals surface area contributed by atoms with E-state index in [4.69, 9.17) is 9.47 Å². The summed E-state index contributed by atoms with van der Waals surface area (Å²) in [4.78, 5) is 28.3. The van der Waals surface area contributed by atoms with Crippen LogP contribution in [-0.2, 0) is 19.1 Å². The van der Waals surface area contributed by atoms with Crippen LogP contribution >= 0.6 is 0 Å². The molecule has 6 nitrogen and oxygen atoms in total. The maximum Gasteiger partial charge on any atom is 0.329 e. The Hall–Kier alpha value is -1.85. The molecule has 0 aliphatic heterocycles. The molecule has 124 valence electrons. The van der Waals surface area contributed by atoms with Gasteiger partial charge in [-0.3, -0.25) is 4.79 Å². The number of esters is 2. The first-order chi connectivity index (χ1) is 10.6. The summed E-state index contributed by atoms with van der Waals surface area (Å²) in [6.07, 6.45) is 6.78. The fourth-order valence-electron chi connectivity index (χ4n) is 1.97. The molecule has 0 spiro atoms. The smallest absolute Gasteiger partial charge is 0.329 e. The predicted molar refractivity (Wildman–Crippen MR) is 82.4 cm³/mol. The fourth-order valence-corrected chi connectivity index (χ4v) is 1.97. The number of carbonyl (C=O) groups excluding carboxylic acids is 2. The summed E-state index contributed by atoms with van der Waals surface area (Å²) in [5.41, 5.74) is 0. The molecule has 0 radical (unpaired) electrons. The number of aromatic nitrogens is 2. The van der Waals surface area contributed by atoms with Crippen LogP contribution in [0.4, 0.5) is 0 Å². The molecule has 0 fully saturated rings. The Kier molecular flexibility index (Phi) is 8.25. The second-order valence-electron chi connectivity index (χ2n) is 5.20. The van der Waals surface area contributed by atoms with E-state index in [0.717, 1.165) is 25.7 Å². The molecule has 1 heterocycles. The maximum absolute atomic E-state index is 12.3. The zero-order valence-corrected chi connectivity index (χ0v) is 13.7. The molecule has 0 N–H and O–H groups in total. The van der Waals surface area contributed by atoms with Crippen molar-refractivity contribution in [2.75, 3.05) is 13.2 Å². The summed E-state index contributed by atoms with van der Waals surface area (Å²) in [5, 5.41) is 0. The van der Waals surface area contributed by atoms with Gasteiger partial charge in [0.15, 0.2) is 0 Å². The number of imidazole rings is 1. The van der Waals surface area contributed by atoms with Crippen molar-refractivity contribution in [1.29, 1.82) is 0 Å². The van der Waals surface area contributed by atoms with Crippen molar-refractivity contribution in [2.45, 2.75) is 58.9 Å². The SMILES string of the molecule is CCCCOC(=O)CC(C(=O)OCCCC)n1ccnc1C. The molecule has 1 aromatic rings. The van der Waals surface area contributed by atoms with Gasteiger partial charge in [-0.05, 0) is 19.8 Å². The van der Waals surface area contributed by atoms with Crippen molar-refractivity contribution in [3.63, 3.8) is 0 Å². The van der Waals surface area contributed by atoms with Crippen molar-refractivity contribution in [3.8, 4) is 0 Å². The maximum atomic E-state index is 12.3. The third-order valence-corrected chi connectivity index (χ3v) is 3.33. The minimum absolute atomic E-state index is 0.0358. The predicted octanol–water partition coefficient (Wildman–Crippen LogP) is 2.81. The van der Waals surface area contributed by atoms with Gasteiger partial charge in [0.25, 0.3) is 0 Å². The van der Waals surface area contributed by atoms with Gasteiger partial charge in [-0.15, -0.1) is 0 Å². The van der Waals surface area contributed by atoms with E-state index in [1.807, 2.05) is 13.8 Å². The largest absolute Gasteiger partial charge is 0.466 e. The first kappa shape index (κ1) is 18.2. The average Bonchev–Trinajstić information content (AvgIpc) is 2.91. The van der Waals surface area contributed by atoms with Crippen LogP contribution in [0, 0.1) is 6.92 Å². The van der Waals surface area contributed by atoms with Crippen molar-refractivity contribution in [3.05, 3.63) is 18.2 Å². The van der Waals surface area contributed by atoms with E-state index in [2.05, 4.69) is 4.98 Å². The summed E-state index contributed by atoms with van der Waals surface area (Å²) < 4.78 is 12.1. The first-order valence-corrected chi connectivity index (χ1v) is 7.91. The standard InChI is InChI=1S/C16H26N2O4/c1-4-6-10-21-15(19)12-14(16(20)22-11-7-5-2)18-9-8-17-13(18)3/h8-9,14H,4-7,10-12H2,1-3H3. The van der Waals surface area contributed by atoms with Gasteiger partial charge in [-0.25, -0.2) is 9.78 Å². The minimum atomic E-state index is -0.714. The molecule has 0 saturated heterocycles. The second-order valence-corrected chi connectivity index (χ2v) is 5.20. The zero-order valence-electron chi connectivity index (χ0n) is 13.7. The van der Waals surface area contributed by atoms with Gasteiger partial charge in [0.2, 0.25) is 0 Å². The first-order valence-electron chi connectivity index (χ1n) is 7.91. The summed E-state index contributed by atoms with van der Waals surface area (Å²) >= 11 is 0. The highest BCUT2D eigenvalue weighted by molar-refractivity contribution is 5.81. The third-order valence-electron chi connectivity index (χ3n) is 3.33. The van der Waals surface area contributed by atoms with E-state index in [9.17, 15) is 9.59 Å². The summed E-state index contributed by atoms with van der Waals surface area (Å²) in [7, 11) is 0. The Labute approximate surface area is 131 Å². The monoisotopic (exact) mass is 310 g/mol. The molecule has 0 amide bonds. The van der Waals surface area contributed by atoms with Gasteiger partial charge in [0.05, 0.1) is 19.6 Å². The Morgan fingerprint density at radius 3 is 2.36 bits per heavy atom. The third kappa shape index (κ3) is 5.87. The van der Waals surface area contributed by atoms with Crippen LogP contribution in [0.15, 0.2) is 12.4 Å². The van der Waals surface area contributed by atoms with Gasteiger partial charge < -0.3 is 14.0 Å². The zero-order chi connectivity index (χ0) is 16.4. The Morgan fingerprint density at radius 2 is 1.82 bits per heavy atom. The number of unbranched alkanes of at least 4 members (excludes halogenated alkanes) is 2. The molecule has 1 atom stereocenters. The van der Waals surface area contributed by atoms with Crippen LogP contribution in [0.1, 0.15) is 57.8 Å². The molecule has 6 heteroatoms. The molecule has 0 aliphatic carbocycles. The normalized spacial score (nSPS) is 12.0. The lowest BCUT2D eigenvalue weighted by Crippen LogP contribution is -2.26. The Balaban J connectivity index is 2.68. The van der Waals surface area contributed by atoms with E-state index in [1.165, 1.54) is 0 Å². The number of aryl methyl sites for hydroxylation is 1. The Morgan fingerprint density at radius 1 is 1.18 bits per heavy atom. The Bertz CT molecular complexity index is 470. The number of carbonyl (C=O) groups is 2. The average molecular weight is 310 g/mol. The van der Waals surface area contributed by atoms with Crippen molar-refractivity contribution in [1.82, 2.24) is 9.55 Å². The molecule has 22 heavy (non-hydrogen) atoms. The molecular weight excluding hydrogens is 284 g/mol. The van der Waals surface area contributed by atoms with Gasteiger partial charge >= 0.3 is 11.9 Å². The topological polar surface area (TPSA) is 70.4 Å². The van der Waals surface area contributed by atoms with Gasteiger partial charge in [-0.1, -0.05) is 26.7 Å². The molecule has 1 unspecified atom stereocenters. The highest BCUT2D eigenvalue weighted by Gasteiger charge is 2.26. The number of hydrogen-bond acceptors (Lipinski definition) is 5. The highest BCUT2D eigenvalue weighted by Crippen LogP contribution is 2.17. The summed E-state index contributed by atoms with van der Waals surface area (Å²) in [5.74, 6) is -0.139. The minimum Gasteiger partial charge on any atom is -0.466 e. The molecular formula is C16H26N2O4. The summed E-state index contributed by atoms with van der Waals surface area (Å²) in [6, 6.07) is -0.714. The van der Waals surface area contributed by atoms with Crippen molar-refractivity contribution < 1.29 is 19.1 Å². The van der Waals surface area contributed by atoms with Gasteiger partial charge in [0, 0.05) is 12.4 Å². The lowest BCUT2D eigenvalue weighted by Gasteiger charge is -2.18. The second kappa shape index (κ2) is 9.97. The quantitative estimate of drug-likeness (QED) is 0.491. The lowest BCUT2D eigenvalue weighted by molar-refractivity contribution is -0.154. The van der Waals surface area contributed by atoms with Crippen LogP contribution in [-0.4, -0.2) is 34.7 Å². The fraction of sp³-hybridized carbons (Fsp3) is 0.688. The van der Waals surface area contributed by atoms with E-state index in [1.54, 1.807) is 23.9 Å². The highest BCUT2D eigenvalue weighted by atomic mass is 16.5. The molecule has 0 bridgehead atoms. The van der Waals surface area contributed by atoms with Crippen LogP contribution in [0.25, 0.3) is 0 Å². The van der Waals surface area contributed by atoms with E-state index >= 15 is 0 Å². The van der Waals surface area contributed by atoms with Crippen LogP contribution in [0.2, 0.25) is 0 Å². The molecule has 1 aromatic heterocycles. The van der Waals surface area contributed by atoms with E-state index < -0.39 is 12.0 Å². The van der Waals surface area contributed by atoms with Crippen molar-refractivity contribution >= 4 is 11.9 Å². The number of nitrogens with zero attached hydrogens (tertiary/aromatic N) is 2. The van der Waals surface area contributed by atoms with Crippen molar-refractivity contribution in [2.24, 2.45) is 0 Å². The number of ether oxygens (including phenoxy) is 2. The van der Waals surface area contributed by atoms with Crippen LogP contribution in [0.3, 0.4) is 0 Å².